The van der Waals surface area contributed by atoms with E-state index in [0.29, 0.717) is 19.6 Å². The first-order valence-electron chi connectivity index (χ1n) is 7.82. The van der Waals surface area contributed by atoms with E-state index in [4.69, 9.17) is 0 Å². The molecule has 2 aromatic rings. The summed E-state index contributed by atoms with van der Waals surface area (Å²) in [6.07, 6.45) is 0.862. The molecule has 0 aromatic heterocycles. The molecule has 22 heavy (non-hydrogen) atoms. The standard InChI is InChI=1S/C19H24N2O/c1-3-21(15-17-10-5-4-6-11-17)19(22)20-14-13-18-12-8-7-9-16(18)2/h4-12H,3,13-15H2,1-2H3,(H,20,22). The van der Waals surface area contributed by atoms with Crippen LogP contribution in [0, 0.1) is 6.92 Å². The van der Waals surface area contributed by atoms with Crippen molar-refractivity contribution >= 4 is 6.03 Å². The van der Waals surface area contributed by atoms with Gasteiger partial charge in [-0.25, -0.2) is 4.79 Å². The van der Waals surface area contributed by atoms with Crippen LogP contribution < -0.4 is 5.32 Å². The summed E-state index contributed by atoms with van der Waals surface area (Å²) in [7, 11) is 0. The Morgan fingerprint density at radius 2 is 1.73 bits per heavy atom. The summed E-state index contributed by atoms with van der Waals surface area (Å²) in [6.45, 7) is 6.11. The first-order chi connectivity index (χ1) is 10.7. The van der Waals surface area contributed by atoms with Gasteiger partial charge < -0.3 is 10.2 Å². The van der Waals surface area contributed by atoms with Crippen molar-refractivity contribution in [1.82, 2.24) is 10.2 Å². The van der Waals surface area contributed by atoms with Gasteiger partial charge in [0.05, 0.1) is 0 Å². The summed E-state index contributed by atoms with van der Waals surface area (Å²) in [5.74, 6) is 0. The monoisotopic (exact) mass is 296 g/mol. The van der Waals surface area contributed by atoms with Crippen LogP contribution in [0.25, 0.3) is 0 Å². The quantitative estimate of drug-likeness (QED) is 0.864. The maximum Gasteiger partial charge on any atom is 0.317 e. The number of carbonyl (C=O) groups excluding carboxylic acids is 1. The van der Waals surface area contributed by atoms with Crippen LogP contribution in [-0.4, -0.2) is 24.0 Å². The van der Waals surface area contributed by atoms with Crippen LogP contribution in [0.3, 0.4) is 0 Å². The fourth-order valence-electron chi connectivity index (χ4n) is 2.44. The number of aryl methyl sites for hydroxylation is 1. The van der Waals surface area contributed by atoms with Crippen molar-refractivity contribution in [3.05, 3.63) is 71.3 Å². The SMILES string of the molecule is CCN(Cc1ccccc1)C(=O)NCCc1ccccc1C. The van der Waals surface area contributed by atoms with E-state index in [1.54, 1.807) is 0 Å². The number of hydrogen-bond acceptors (Lipinski definition) is 1. The summed E-state index contributed by atoms with van der Waals surface area (Å²) >= 11 is 0. The largest absolute Gasteiger partial charge is 0.338 e. The van der Waals surface area contributed by atoms with Gasteiger partial charge in [0.25, 0.3) is 0 Å². The number of urea groups is 1. The third kappa shape index (κ3) is 4.62. The first-order valence-corrected chi connectivity index (χ1v) is 7.82. The van der Waals surface area contributed by atoms with E-state index in [-0.39, 0.29) is 6.03 Å². The van der Waals surface area contributed by atoms with Crippen LogP contribution >= 0.6 is 0 Å². The van der Waals surface area contributed by atoms with Gasteiger partial charge in [0.1, 0.15) is 0 Å². The van der Waals surface area contributed by atoms with Gasteiger partial charge in [0.2, 0.25) is 0 Å². The van der Waals surface area contributed by atoms with Crippen LogP contribution in [0.1, 0.15) is 23.6 Å². The Bertz CT molecular complexity index is 595. The fraction of sp³-hybridized carbons (Fsp3) is 0.316. The Labute approximate surface area is 133 Å². The van der Waals surface area contributed by atoms with Gasteiger partial charge in [-0.15, -0.1) is 0 Å². The maximum absolute atomic E-state index is 12.3. The smallest absolute Gasteiger partial charge is 0.317 e. The highest BCUT2D eigenvalue weighted by Gasteiger charge is 2.11. The number of rotatable bonds is 6. The van der Waals surface area contributed by atoms with Crippen molar-refractivity contribution in [3.8, 4) is 0 Å². The van der Waals surface area contributed by atoms with Crippen molar-refractivity contribution in [3.63, 3.8) is 0 Å². The molecule has 0 aliphatic heterocycles. The molecule has 0 saturated carbocycles. The molecule has 1 N–H and O–H groups in total. The zero-order valence-electron chi connectivity index (χ0n) is 13.4. The van der Waals surface area contributed by atoms with Crippen LogP contribution in [0.15, 0.2) is 54.6 Å². The van der Waals surface area contributed by atoms with Crippen molar-refractivity contribution in [1.29, 1.82) is 0 Å². The number of amides is 2. The molecule has 0 aliphatic rings. The Morgan fingerprint density at radius 3 is 2.41 bits per heavy atom. The van der Waals surface area contributed by atoms with Crippen molar-refractivity contribution in [2.75, 3.05) is 13.1 Å². The molecule has 0 heterocycles. The van der Waals surface area contributed by atoms with Gasteiger partial charge in [-0.05, 0) is 37.0 Å². The molecule has 0 aliphatic carbocycles. The molecule has 0 fully saturated rings. The normalized spacial score (nSPS) is 10.3. The second kappa shape index (κ2) is 8.23. The van der Waals surface area contributed by atoms with E-state index in [0.717, 1.165) is 12.0 Å². The third-order valence-electron chi connectivity index (χ3n) is 3.82. The minimum absolute atomic E-state index is 0.0000581. The van der Waals surface area contributed by atoms with E-state index in [2.05, 4.69) is 24.4 Å². The Balaban J connectivity index is 1.83. The van der Waals surface area contributed by atoms with E-state index < -0.39 is 0 Å². The maximum atomic E-state index is 12.3. The fourth-order valence-corrected chi connectivity index (χ4v) is 2.44. The number of hydrogen-bond donors (Lipinski definition) is 1. The van der Waals surface area contributed by atoms with E-state index >= 15 is 0 Å². The minimum atomic E-state index is -0.0000581. The van der Waals surface area contributed by atoms with Crippen LogP contribution in [-0.2, 0) is 13.0 Å². The summed E-state index contributed by atoms with van der Waals surface area (Å²) < 4.78 is 0. The summed E-state index contributed by atoms with van der Waals surface area (Å²) in [6, 6.07) is 18.4. The molecule has 2 aromatic carbocycles. The van der Waals surface area contributed by atoms with Gasteiger partial charge in [0.15, 0.2) is 0 Å². The summed E-state index contributed by atoms with van der Waals surface area (Å²) in [5, 5.41) is 3.02. The highest BCUT2D eigenvalue weighted by molar-refractivity contribution is 5.74. The lowest BCUT2D eigenvalue weighted by Crippen LogP contribution is -2.40. The molecule has 2 amide bonds. The Kier molecular flexibility index (Phi) is 6.01. The van der Waals surface area contributed by atoms with Crippen LogP contribution in [0.2, 0.25) is 0 Å². The highest BCUT2D eigenvalue weighted by atomic mass is 16.2. The lowest BCUT2D eigenvalue weighted by Gasteiger charge is -2.21. The molecule has 3 heteroatoms. The molecule has 0 saturated heterocycles. The lowest BCUT2D eigenvalue weighted by atomic mass is 10.1. The van der Waals surface area contributed by atoms with Crippen molar-refractivity contribution in [2.24, 2.45) is 0 Å². The van der Waals surface area contributed by atoms with Gasteiger partial charge in [-0.1, -0.05) is 54.6 Å². The topological polar surface area (TPSA) is 32.3 Å². The molecular weight excluding hydrogens is 272 g/mol. The summed E-state index contributed by atoms with van der Waals surface area (Å²) in [4.78, 5) is 14.1. The highest BCUT2D eigenvalue weighted by Crippen LogP contribution is 2.07. The van der Waals surface area contributed by atoms with Crippen molar-refractivity contribution < 1.29 is 4.79 Å². The van der Waals surface area contributed by atoms with Crippen molar-refractivity contribution in [2.45, 2.75) is 26.8 Å². The van der Waals surface area contributed by atoms with E-state index in [1.807, 2.05) is 54.3 Å². The number of benzene rings is 2. The van der Waals surface area contributed by atoms with E-state index in [9.17, 15) is 4.79 Å². The van der Waals surface area contributed by atoms with Gasteiger partial charge in [-0.3, -0.25) is 0 Å². The predicted molar refractivity (Wildman–Crippen MR) is 90.8 cm³/mol. The van der Waals surface area contributed by atoms with E-state index in [1.165, 1.54) is 11.1 Å². The Morgan fingerprint density at radius 1 is 1.05 bits per heavy atom. The molecule has 3 nitrogen and oxygen atoms in total. The number of nitrogens with one attached hydrogen (secondary N) is 1. The average molecular weight is 296 g/mol. The lowest BCUT2D eigenvalue weighted by molar-refractivity contribution is 0.198. The average Bonchev–Trinajstić information content (AvgIpc) is 2.55. The molecule has 0 spiro atoms. The van der Waals surface area contributed by atoms with Crippen LogP contribution in [0.5, 0.6) is 0 Å². The zero-order chi connectivity index (χ0) is 15.8. The molecular formula is C19H24N2O. The summed E-state index contributed by atoms with van der Waals surface area (Å²) in [5.41, 5.74) is 3.71. The molecule has 0 bridgehead atoms. The van der Waals surface area contributed by atoms with Gasteiger partial charge >= 0.3 is 6.03 Å². The molecule has 0 atom stereocenters. The second-order valence-corrected chi connectivity index (χ2v) is 5.41. The molecule has 0 unspecified atom stereocenters. The second-order valence-electron chi connectivity index (χ2n) is 5.41. The zero-order valence-corrected chi connectivity index (χ0v) is 13.4. The number of nitrogens with zero attached hydrogens (tertiary/aromatic N) is 1. The molecule has 0 radical (unpaired) electrons. The minimum Gasteiger partial charge on any atom is -0.338 e. The predicted octanol–water partition coefficient (Wildman–Crippen LogP) is 3.77. The van der Waals surface area contributed by atoms with Gasteiger partial charge in [0, 0.05) is 19.6 Å². The first kappa shape index (κ1) is 16.1. The Hall–Kier alpha value is -2.29. The van der Waals surface area contributed by atoms with Crippen LogP contribution in [0.4, 0.5) is 4.79 Å². The third-order valence-corrected chi connectivity index (χ3v) is 3.82. The molecule has 2 rings (SSSR count). The van der Waals surface area contributed by atoms with Gasteiger partial charge in [-0.2, -0.15) is 0 Å². The number of carbonyl (C=O) groups is 1. The molecule has 116 valence electrons.